The first-order valence-corrected chi connectivity index (χ1v) is 6.78. The second kappa shape index (κ2) is 6.97. The highest BCUT2D eigenvalue weighted by atomic mass is 16.6. The number of nitrogens with zero attached hydrogens (tertiary/aromatic N) is 1. The Labute approximate surface area is 123 Å². The topological polar surface area (TPSA) is 75.4 Å². The Morgan fingerprint density at radius 2 is 1.81 bits per heavy atom. The van der Waals surface area contributed by atoms with Crippen LogP contribution in [0.1, 0.15) is 30.2 Å². The van der Waals surface area contributed by atoms with Gasteiger partial charge >= 0.3 is 0 Å². The van der Waals surface area contributed by atoms with Crippen molar-refractivity contribution in [1.82, 2.24) is 5.32 Å². The Kier molecular flexibility index (Phi) is 5.03. The summed E-state index contributed by atoms with van der Waals surface area (Å²) in [4.78, 5) is 10.3. The number of hydrogen-bond acceptors (Lipinski definition) is 4. The molecular weight excluding hydrogens is 268 g/mol. The normalized spacial score (nSPS) is 13.6. The minimum atomic E-state index is -0.781. The van der Waals surface area contributed by atoms with E-state index in [1.807, 2.05) is 37.3 Å². The van der Waals surface area contributed by atoms with Gasteiger partial charge in [-0.3, -0.25) is 10.1 Å². The number of hydrogen-bond donors (Lipinski definition) is 2. The first-order chi connectivity index (χ1) is 10.1. The van der Waals surface area contributed by atoms with Gasteiger partial charge in [0.1, 0.15) is 0 Å². The Morgan fingerprint density at radius 3 is 2.48 bits per heavy atom. The average molecular weight is 286 g/mol. The molecule has 0 amide bonds. The number of nitro benzene ring substituents is 1. The lowest BCUT2D eigenvalue weighted by Gasteiger charge is -2.17. The van der Waals surface area contributed by atoms with E-state index in [1.54, 1.807) is 12.1 Å². The van der Waals surface area contributed by atoms with Gasteiger partial charge in [0.15, 0.2) is 0 Å². The van der Waals surface area contributed by atoms with E-state index in [2.05, 4.69) is 5.32 Å². The zero-order chi connectivity index (χ0) is 15.2. The second-order valence-corrected chi connectivity index (χ2v) is 4.91. The Bertz CT molecular complexity index is 601. The smallest absolute Gasteiger partial charge is 0.269 e. The maximum atomic E-state index is 10.7. The highest BCUT2D eigenvalue weighted by Crippen LogP contribution is 2.20. The fourth-order valence-corrected chi connectivity index (χ4v) is 2.11. The van der Waals surface area contributed by atoms with Gasteiger partial charge in [-0.25, -0.2) is 0 Å². The van der Waals surface area contributed by atoms with Crippen LogP contribution in [0.25, 0.3) is 0 Å². The monoisotopic (exact) mass is 286 g/mol. The molecule has 0 spiro atoms. The largest absolute Gasteiger partial charge is 0.387 e. The van der Waals surface area contributed by atoms with Crippen LogP contribution in [-0.4, -0.2) is 16.6 Å². The van der Waals surface area contributed by atoms with E-state index in [9.17, 15) is 15.2 Å². The van der Waals surface area contributed by atoms with Crippen LogP contribution in [0.5, 0.6) is 0 Å². The summed E-state index contributed by atoms with van der Waals surface area (Å²) in [6, 6.07) is 16.1. The summed E-state index contributed by atoms with van der Waals surface area (Å²) in [6.45, 7) is 2.34. The van der Waals surface area contributed by atoms with Crippen molar-refractivity contribution in [2.75, 3.05) is 6.54 Å². The number of benzene rings is 2. The lowest BCUT2D eigenvalue weighted by atomic mass is 10.1. The van der Waals surface area contributed by atoms with Crippen molar-refractivity contribution in [3.63, 3.8) is 0 Å². The van der Waals surface area contributed by atoms with Gasteiger partial charge in [0, 0.05) is 24.7 Å². The molecule has 0 saturated carbocycles. The van der Waals surface area contributed by atoms with Crippen LogP contribution < -0.4 is 5.32 Å². The average Bonchev–Trinajstić information content (AvgIpc) is 2.53. The lowest BCUT2D eigenvalue weighted by molar-refractivity contribution is -0.385. The van der Waals surface area contributed by atoms with Crippen LogP contribution in [0, 0.1) is 10.1 Å². The molecule has 5 heteroatoms. The van der Waals surface area contributed by atoms with Crippen molar-refractivity contribution < 1.29 is 10.0 Å². The SMILES string of the molecule is C[C@@H](NC[C@H](O)c1cccc([N+](=O)[O-])c1)c1ccccc1. The van der Waals surface area contributed by atoms with Crippen LogP contribution in [0.2, 0.25) is 0 Å². The molecule has 0 aliphatic rings. The van der Waals surface area contributed by atoms with Crippen LogP contribution in [0.3, 0.4) is 0 Å². The highest BCUT2D eigenvalue weighted by molar-refractivity contribution is 5.35. The molecule has 0 unspecified atom stereocenters. The van der Waals surface area contributed by atoms with E-state index < -0.39 is 11.0 Å². The summed E-state index contributed by atoms with van der Waals surface area (Å²) >= 11 is 0. The molecule has 0 heterocycles. The summed E-state index contributed by atoms with van der Waals surface area (Å²) in [5.74, 6) is 0. The zero-order valence-electron chi connectivity index (χ0n) is 11.8. The number of non-ortho nitro benzene ring substituents is 1. The van der Waals surface area contributed by atoms with Gasteiger partial charge in [-0.1, -0.05) is 42.5 Å². The minimum Gasteiger partial charge on any atom is -0.387 e. The third-order valence-corrected chi connectivity index (χ3v) is 3.38. The van der Waals surface area contributed by atoms with Gasteiger partial charge in [0.05, 0.1) is 11.0 Å². The molecule has 0 fully saturated rings. The van der Waals surface area contributed by atoms with Gasteiger partial charge in [-0.2, -0.15) is 0 Å². The zero-order valence-corrected chi connectivity index (χ0v) is 11.8. The van der Waals surface area contributed by atoms with E-state index in [1.165, 1.54) is 12.1 Å². The summed E-state index contributed by atoms with van der Waals surface area (Å²) in [6.07, 6.45) is -0.781. The molecule has 0 radical (unpaired) electrons. The molecule has 2 aromatic carbocycles. The Morgan fingerprint density at radius 1 is 1.14 bits per heavy atom. The summed E-state index contributed by atoms with van der Waals surface area (Å²) in [7, 11) is 0. The molecule has 5 nitrogen and oxygen atoms in total. The second-order valence-electron chi connectivity index (χ2n) is 4.91. The van der Waals surface area contributed by atoms with Gasteiger partial charge in [-0.05, 0) is 18.1 Å². The van der Waals surface area contributed by atoms with E-state index in [0.717, 1.165) is 5.56 Å². The van der Waals surface area contributed by atoms with Crippen LogP contribution in [0.15, 0.2) is 54.6 Å². The molecule has 0 saturated heterocycles. The molecule has 2 aromatic rings. The molecule has 2 rings (SSSR count). The molecule has 2 atom stereocenters. The summed E-state index contributed by atoms with van der Waals surface area (Å²) in [5.41, 5.74) is 1.66. The van der Waals surface area contributed by atoms with E-state index >= 15 is 0 Å². The van der Waals surface area contributed by atoms with Gasteiger partial charge in [-0.15, -0.1) is 0 Å². The van der Waals surface area contributed by atoms with Gasteiger partial charge in [0.2, 0.25) is 0 Å². The van der Waals surface area contributed by atoms with E-state index in [-0.39, 0.29) is 11.7 Å². The number of nitro groups is 1. The van der Waals surface area contributed by atoms with Crippen LogP contribution in [-0.2, 0) is 0 Å². The molecule has 0 aromatic heterocycles. The predicted molar refractivity (Wildman–Crippen MR) is 80.9 cm³/mol. The van der Waals surface area contributed by atoms with Crippen LogP contribution >= 0.6 is 0 Å². The van der Waals surface area contributed by atoms with Crippen molar-refractivity contribution in [3.8, 4) is 0 Å². The molecule has 21 heavy (non-hydrogen) atoms. The predicted octanol–water partition coefficient (Wildman–Crippen LogP) is 2.98. The van der Waals surface area contributed by atoms with Crippen molar-refractivity contribution in [1.29, 1.82) is 0 Å². The first-order valence-electron chi connectivity index (χ1n) is 6.78. The standard InChI is InChI=1S/C16H18N2O3/c1-12(13-6-3-2-4-7-13)17-11-16(19)14-8-5-9-15(10-14)18(20)21/h2-10,12,16-17,19H,11H2,1H3/t12-,16+/m1/s1. The molecule has 2 N–H and O–H groups in total. The minimum absolute atomic E-state index is 0.0114. The number of aliphatic hydroxyl groups excluding tert-OH is 1. The van der Waals surface area contributed by atoms with Crippen molar-refractivity contribution in [3.05, 3.63) is 75.8 Å². The van der Waals surface area contributed by atoms with E-state index in [4.69, 9.17) is 0 Å². The molecule has 0 aliphatic carbocycles. The number of nitrogens with one attached hydrogen (secondary N) is 1. The summed E-state index contributed by atoms with van der Waals surface area (Å²) in [5, 5.41) is 24.1. The maximum absolute atomic E-state index is 10.7. The number of rotatable bonds is 6. The van der Waals surface area contributed by atoms with Crippen LogP contribution in [0.4, 0.5) is 5.69 Å². The molecule has 0 bridgehead atoms. The third-order valence-electron chi connectivity index (χ3n) is 3.38. The molecular formula is C16H18N2O3. The first kappa shape index (κ1) is 15.2. The fourth-order valence-electron chi connectivity index (χ4n) is 2.11. The van der Waals surface area contributed by atoms with Crippen molar-refractivity contribution >= 4 is 5.69 Å². The van der Waals surface area contributed by atoms with Crippen molar-refractivity contribution in [2.45, 2.75) is 19.1 Å². The van der Waals surface area contributed by atoms with Gasteiger partial charge in [0.25, 0.3) is 5.69 Å². The quantitative estimate of drug-likeness (QED) is 0.632. The van der Waals surface area contributed by atoms with Gasteiger partial charge < -0.3 is 10.4 Å². The third kappa shape index (κ3) is 4.11. The fraction of sp³-hybridized carbons (Fsp3) is 0.250. The van der Waals surface area contributed by atoms with E-state index in [0.29, 0.717) is 12.1 Å². The number of aliphatic hydroxyl groups is 1. The lowest BCUT2D eigenvalue weighted by Crippen LogP contribution is -2.24. The highest BCUT2D eigenvalue weighted by Gasteiger charge is 2.13. The van der Waals surface area contributed by atoms with Crippen molar-refractivity contribution in [2.24, 2.45) is 0 Å². The Hall–Kier alpha value is -2.24. The molecule has 0 aliphatic heterocycles. The maximum Gasteiger partial charge on any atom is 0.269 e. The molecule has 110 valence electrons. The Balaban J connectivity index is 1.97. The summed E-state index contributed by atoms with van der Waals surface area (Å²) < 4.78 is 0.